The van der Waals surface area contributed by atoms with Crippen molar-refractivity contribution < 1.29 is 19.1 Å². The first-order valence-corrected chi connectivity index (χ1v) is 12.9. The summed E-state index contributed by atoms with van der Waals surface area (Å²) in [6.07, 6.45) is 0. The highest BCUT2D eigenvalue weighted by Gasteiger charge is 2.21. The Balaban J connectivity index is 1.20. The second-order valence-electron chi connectivity index (χ2n) is 9.51. The number of para-hydroxylation sites is 2. The van der Waals surface area contributed by atoms with Crippen molar-refractivity contribution in [1.29, 1.82) is 5.41 Å². The quantitative estimate of drug-likeness (QED) is 0.0940. The van der Waals surface area contributed by atoms with Gasteiger partial charge >= 0.3 is 12.0 Å². The number of ether oxygens (including phenoxy) is 1. The summed E-state index contributed by atoms with van der Waals surface area (Å²) in [5.41, 5.74) is 11.1. The van der Waals surface area contributed by atoms with E-state index in [0.29, 0.717) is 33.8 Å². The number of hydrogen-bond donors (Lipinski definition) is 6. The van der Waals surface area contributed by atoms with E-state index in [1.807, 2.05) is 37.3 Å². The molecule has 0 bridgehead atoms. The Morgan fingerprint density at radius 2 is 1.49 bits per heavy atom. The second kappa shape index (κ2) is 11.6. The average Bonchev–Trinajstić information content (AvgIpc) is 3.34. The zero-order valence-corrected chi connectivity index (χ0v) is 22.2. The summed E-state index contributed by atoms with van der Waals surface area (Å²) in [5.74, 6) is -0.725. The number of nitrogen functional groups attached to an aromatic ring is 1. The predicted octanol–water partition coefficient (Wildman–Crippen LogP) is 5.71. The molecule has 1 unspecified atom stereocenters. The topological polar surface area (TPSA) is 158 Å². The molecule has 7 N–H and O–H groups in total. The molecule has 0 fully saturated rings. The first-order chi connectivity index (χ1) is 19.8. The van der Waals surface area contributed by atoms with E-state index < -0.39 is 6.03 Å². The largest absolute Gasteiger partial charge is 0.457 e. The molecule has 1 heterocycles. The zero-order chi connectivity index (χ0) is 28.9. The summed E-state index contributed by atoms with van der Waals surface area (Å²) in [7, 11) is 0. The number of nitrogens with two attached hydrogens (primary N) is 1. The van der Waals surface area contributed by atoms with Gasteiger partial charge in [0.15, 0.2) is 0 Å². The number of hydrogen-bond acceptors (Lipinski definition) is 6. The molecule has 0 saturated heterocycles. The maximum absolute atomic E-state index is 12.8. The molecule has 0 spiro atoms. The lowest BCUT2D eigenvalue weighted by atomic mass is 10.0. The van der Waals surface area contributed by atoms with Crippen molar-refractivity contribution in [1.82, 2.24) is 0 Å². The van der Waals surface area contributed by atoms with Crippen LogP contribution in [0.25, 0.3) is 0 Å². The molecule has 41 heavy (non-hydrogen) atoms. The summed E-state index contributed by atoms with van der Waals surface area (Å²) in [6, 6.07) is 25.8. The third kappa shape index (κ3) is 6.34. The number of carbonyl (C=O) groups is 3. The smallest absolute Gasteiger partial charge is 0.338 e. The van der Waals surface area contributed by atoms with Gasteiger partial charge in [-0.15, -0.1) is 0 Å². The molecule has 1 atom stereocenters. The Morgan fingerprint density at radius 3 is 2.20 bits per heavy atom. The third-order valence-electron chi connectivity index (χ3n) is 6.62. The monoisotopic (exact) mass is 548 g/mol. The van der Waals surface area contributed by atoms with Crippen molar-refractivity contribution in [3.63, 3.8) is 0 Å². The van der Waals surface area contributed by atoms with Crippen molar-refractivity contribution >= 4 is 46.5 Å². The third-order valence-corrected chi connectivity index (χ3v) is 6.62. The molecule has 4 aromatic rings. The van der Waals surface area contributed by atoms with Crippen LogP contribution in [0.1, 0.15) is 50.4 Å². The van der Waals surface area contributed by atoms with Crippen molar-refractivity contribution in [2.75, 3.05) is 21.3 Å². The summed E-state index contributed by atoms with van der Waals surface area (Å²) in [4.78, 5) is 37.2. The van der Waals surface area contributed by atoms with Gasteiger partial charge in [-0.2, -0.15) is 0 Å². The van der Waals surface area contributed by atoms with Crippen LogP contribution in [0.4, 0.5) is 27.5 Å². The average molecular weight is 549 g/mol. The molecular weight excluding hydrogens is 520 g/mol. The lowest BCUT2D eigenvalue weighted by Gasteiger charge is -2.19. The summed E-state index contributed by atoms with van der Waals surface area (Å²) >= 11 is 0. The maximum Gasteiger partial charge on any atom is 0.338 e. The van der Waals surface area contributed by atoms with Crippen LogP contribution >= 0.6 is 0 Å². The first-order valence-electron chi connectivity index (χ1n) is 12.9. The normalized spacial score (nSPS) is 12.5. The Labute approximate surface area is 236 Å². The fraction of sp³-hybridized carbons (Fsp3) is 0.0968. The van der Waals surface area contributed by atoms with Gasteiger partial charge < -0.3 is 31.7 Å². The minimum Gasteiger partial charge on any atom is -0.457 e. The number of carbonyl (C=O) groups excluding carboxylic acids is 3. The number of benzene rings is 4. The maximum atomic E-state index is 12.8. The number of amides is 3. The van der Waals surface area contributed by atoms with Crippen molar-refractivity contribution in [2.24, 2.45) is 5.73 Å². The molecule has 5 rings (SSSR count). The van der Waals surface area contributed by atoms with Gasteiger partial charge in [-0.3, -0.25) is 10.2 Å². The minimum absolute atomic E-state index is 0.0440. The molecule has 0 aliphatic carbocycles. The standard InChI is InChI=1S/C31H28N6O4/c1-18(19-6-8-21(9-7-19)29(38)35-24-15-12-22-17-41-30(39)25(22)16-24)34-26-4-2-3-5-27(26)37-31(40)36-23-13-10-20(11-14-23)28(32)33/h2-16,18,34H,17H2,1H3,(H3,32,33)(H,35,38)(H2,36,37,40). The number of urea groups is 1. The van der Waals surface area contributed by atoms with Crippen LogP contribution in [-0.2, 0) is 11.3 Å². The highest BCUT2D eigenvalue weighted by atomic mass is 16.5. The van der Waals surface area contributed by atoms with Crippen LogP contribution in [-0.4, -0.2) is 23.7 Å². The molecule has 0 radical (unpaired) electrons. The van der Waals surface area contributed by atoms with Gasteiger partial charge in [0.2, 0.25) is 0 Å². The van der Waals surface area contributed by atoms with Gasteiger partial charge in [-0.1, -0.05) is 30.3 Å². The molecule has 1 aliphatic rings. The van der Waals surface area contributed by atoms with Crippen molar-refractivity contribution in [2.45, 2.75) is 19.6 Å². The summed E-state index contributed by atoms with van der Waals surface area (Å²) < 4.78 is 5.02. The van der Waals surface area contributed by atoms with E-state index in [0.717, 1.165) is 16.8 Å². The van der Waals surface area contributed by atoms with E-state index in [1.165, 1.54) is 0 Å². The summed E-state index contributed by atoms with van der Waals surface area (Å²) in [6.45, 7) is 2.23. The van der Waals surface area contributed by atoms with E-state index in [1.54, 1.807) is 60.7 Å². The number of fused-ring (bicyclic) bond motifs is 1. The Hall–Kier alpha value is -5.64. The lowest BCUT2D eigenvalue weighted by Crippen LogP contribution is -2.21. The van der Waals surface area contributed by atoms with Crippen molar-refractivity contribution in [3.8, 4) is 0 Å². The van der Waals surface area contributed by atoms with E-state index in [2.05, 4.69) is 21.3 Å². The van der Waals surface area contributed by atoms with Gasteiger partial charge in [0.1, 0.15) is 12.4 Å². The van der Waals surface area contributed by atoms with Crippen LogP contribution in [0.5, 0.6) is 0 Å². The second-order valence-corrected chi connectivity index (χ2v) is 9.51. The molecule has 3 amide bonds. The van der Waals surface area contributed by atoms with Crippen LogP contribution in [0.15, 0.2) is 91.0 Å². The van der Waals surface area contributed by atoms with Gasteiger partial charge in [0.05, 0.1) is 16.9 Å². The van der Waals surface area contributed by atoms with E-state index >= 15 is 0 Å². The molecule has 4 aromatic carbocycles. The van der Waals surface area contributed by atoms with Gasteiger partial charge in [-0.05, 0) is 73.2 Å². The molecule has 206 valence electrons. The number of anilines is 4. The number of nitrogens with one attached hydrogen (secondary N) is 5. The molecular formula is C31H28N6O4. The lowest BCUT2D eigenvalue weighted by molar-refractivity contribution is 0.0535. The SMILES string of the molecule is CC(Nc1ccccc1NC(=O)Nc1ccc(C(=N)N)cc1)c1ccc(C(=O)Nc2ccc3c(c2)C(=O)OC3)cc1. The Kier molecular flexibility index (Phi) is 7.64. The molecule has 10 heteroatoms. The number of cyclic esters (lactones) is 1. The van der Waals surface area contributed by atoms with Gasteiger partial charge in [0, 0.05) is 34.1 Å². The summed E-state index contributed by atoms with van der Waals surface area (Å²) in [5, 5.41) is 19.3. The molecule has 1 aliphatic heterocycles. The fourth-order valence-electron chi connectivity index (χ4n) is 4.37. The van der Waals surface area contributed by atoms with Gasteiger partial charge in [-0.25, -0.2) is 9.59 Å². The van der Waals surface area contributed by atoms with Crippen LogP contribution < -0.4 is 27.0 Å². The molecule has 0 aromatic heterocycles. The Morgan fingerprint density at radius 1 is 0.829 bits per heavy atom. The fourth-order valence-corrected chi connectivity index (χ4v) is 4.37. The molecule has 10 nitrogen and oxygen atoms in total. The van der Waals surface area contributed by atoms with Crippen LogP contribution in [0.3, 0.4) is 0 Å². The zero-order valence-electron chi connectivity index (χ0n) is 22.2. The van der Waals surface area contributed by atoms with Gasteiger partial charge in [0.25, 0.3) is 5.91 Å². The predicted molar refractivity (Wildman–Crippen MR) is 159 cm³/mol. The highest BCUT2D eigenvalue weighted by Crippen LogP contribution is 2.27. The van der Waals surface area contributed by atoms with E-state index in [9.17, 15) is 14.4 Å². The van der Waals surface area contributed by atoms with Crippen molar-refractivity contribution in [3.05, 3.63) is 119 Å². The Bertz CT molecular complexity index is 1630. The van der Waals surface area contributed by atoms with Crippen LogP contribution in [0.2, 0.25) is 0 Å². The molecule has 0 saturated carbocycles. The van der Waals surface area contributed by atoms with E-state index in [-0.39, 0.29) is 30.4 Å². The highest BCUT2D eigenvalue weighted by molar-refractivity contribution is 6.05. The minimum atomic E-state index is -0.418. The van der Waals surface area contributed by atoms with Crippen LogP contribution in [0, 0.1) is 5.41 Å². The number of rotatable bonds is 8. The number of amidine groups is 1. The van der Waals surface area contributed by atoms with E-state index in [4.69, 9.17) is 15.9 Å². The first kappa shape index (κ1) is 26.9. The number of esters is 1.